The molecule has 0 radical (unpaired) electrons. The third-order valence-corrected chi connectivity index (χ3v) is 9.00. The molecule has 1 unspecified atom stereocenters. The minimum absolute atomic E-state index is 0.0756. The molecule has 5 rings (SSSR count). The van der Waals surface area contributed by atoms with Crippen LogP contribution in [0.2, 0.25) is 0 Å². The quantitative estimate of drug-likeness (QED) is 0.320. The largest absolute Gasteiger partial charge is 0.494 e. The van der Waals surface area contributed by atoms with E-state index in [2.05, 4.69) is 16.3 Å². The van der Waals surface area contributed by atoms with E-state index in [0.29, 0.717) is 36.6 Å². The molecule has 2 aliphatic heterocycles. The number of nitrogens with one attached hydrogen (secondary N) is 1. The molecular weight excluding hydrogens is 550 g/mol. The fraction of sp³-hybridized carbons (Fsp3) is 0.545. The van der Waals surface area contributed by atoms with E-state index >= 15 is 0 Å². The maximum absolute atomic E-state index is 13.1. The van der Waals surface area contributed by atoms with Crippen molar-refractivity contribution in [2.24, 2.45) is 5.41 Å². The highest BCUT2D eigenvalue weighted by Gasteiger charge is 2.45. The molecule has 3 aliphatic rings. The van der Waals surface area contributed by atoms with Gasteiger partial charge in [-0.3, -0.25) is 14.5 Å². The number of rotatable bonds is 12. The second kappa shape index (κ2) is 13.4. The fourth-order valence-corrected chi connectivity index (χ4v) is 6.31. The van der Waals surface area contributed by atoms with Crippen LogP contribution in [0.3, 0.4) is 0 Å². The molecule has 10 nitrogen and oxygen atoms in total. The standard InChI is InChI=1S/C33H43N3O7/c1-3-43-29-17-28(32(41)42-2)27(22-4-5-22)16-24(29)19-35-14-11-33(12-15-35)18-30(39)36(21-33)25-8-6-23(7-9-25)31(40)34-13-10-26(38)20-37/h6-9,16-17,22,26,37-38H,3-5,10-15,18-21H2,1-2H3,(H,34,40). The minimum Gasteiger partial charge on any atom is -0.494 e. The molecular formula is C33H43N3O7. The van der Waals surface area contributed by atoms with Gasteiger partial charge in [0.05, 0.1) is 32.0 Å². The number of esters is 1. The number of likely N-dealkylation sites (tertiary alicyclic amines) is 1. The Morgan fingerprint density at radius 2 is 1.86 bits per heavy atom. The van der Waals surface area contributed by atoms with Gasteiger partial charge in [0.15, 0.2) is 0 Å². The monoisotopic (exact) mass is 593 g/mol. The summed E-state index contributed by atoms with van der Waals surface area (Å²) < 4.78 is 11.0. The van der Waals surface area contributed by atoms with Gasteiger partial charge >= 0.3 is 5.97 Å². The van der Waals surface area contributed by atoms with Crippen LogP contribution in [-0.2, 0) is 16.1 Å². The Labute approximate surface area is 253 Å². The van der Waals surface area contributed by atoms with Crippen LogP contribution in [0.25, 0.3) is 0 Å². The van der Waals surface area contributed by atoms with E-state index in [9.17, 15) is 19.5 Å². The molecule has 1 atom stereocenters. The van der Waals surface area contributed by atoms with E-state index < -0.39 is 6.10 Å². The van der Waals surface area contributed by atoms with Crippen LogP contribution in [-0.4, -0.2) is 85.5 Å². The number of benzene rings is 2. The first-order valence-electron chi connectivity index (χ1n) is 15.3. The van der Waals surface area contributed by atoms with Crippen molar-refractivity contribution in [2.75, 3.05) is 51.4 Å². The molecule has 10 heteroatoms. The van der Waals surface area contributed by atoms with Crippen molar-refractivity contribution >= 4 is 23.5 Å². The Bertz CT molecular complexity index is 1320. The lowest BCUT2D eigenvalue weighted by molar-refractivity contribution is -0.118. The maximum Gasteiger partial charge on any atom is 0.338 e. The summed E-state index contributed by atoms with van der Waals surface area (Å²) in [6.45, 7) is 5.51. The first-order chi connectivity index (χ1) is 20.8. The zero-order valence-electron chi connectivity index (χ0n) is 25.1. The Morgan fingerprint density at radius 3 is 2.49 bits per heavy atom. The fourth-order valence-electron chi connectivity index (χ4n) is 6.31. The van der Waals surface area contributed by atoms with Gasteiger partial charge in [0, 0.05) is 42.9 Å². The van der Waals surface area contributed by atoms with E-state index in [1.54, 1.807) is 12.1 Å². The van der Waals surface area contributed by atoms with E-state index in [-0.39, 0.29) is 42.8 Å². The average molecular weight is 594 g/mol. The predicted octanol–water partition coefficient (Wildman–Crippen LogP) is 3.24. The van der Waals surface area contributed by atoms with Gasteiger partial charge in [0.1, 0.15) is 5.75 Å². The SMILES string of the molecule is CCOc1cc(C(=O)OC)c(C2CC2)cc1CN1CCC2(CC1)CC(=O)N(c1ccc(C(=O)NCCC(O)CO)cc1)C2. The minimum atomic E-state index is -0.852. The molecule has 3 N–H and O–H groups in total. The lowest BCUT2D eigenvalue weighted by Crippen LogP contribution is -2.41. The number of carbonyl (C=O) groups is 3. The average Bonchev–Trinajstić information content (AvgIpc) is 3.82. The zero-order chi connectivity index (χ0) is 30.6. The molecule has 1 aliphatic carbocycles. The number of hydrogen-bond donors (Lipinski definition) is 3. The lowest BCUT2D eigenvalue weighted by atomic mass is 9.77. The maximum atomic E-state index is 13.1. The summed E-state index contributed by atoms with van der Waals surface area (Å²) in [6.07, 6.45) is 3.93. The Hall–Kier alpha value is -3.47. The van der Waals surface area contributed by atoms with Crippen molar-refractivity contribution in [3.05, 3.63) is 58.7 Å². The molecule has 2 amide bonds. The summed E-state index contributed by atoms with van der Waals surface area (Å²) in [6, 6.07) is 11.1. The molecule has 43 heavy (non-hydrogen) atoms. The second-order valence-electron chi connectivity index (χ2n) is 12.1. The Morgan fingerprint density at radius 1 is 1.14 bits per heavy atom. The van der Waals surface area contributed by atoms with Gasteiger partial charge < -0.3 is 29.9 Å². The molecule has 2 heterocycles. The van der Waals surface area contributed by atoms with Crippen LogP contribution in [0, 0.1) is 5.41 Å². The molecule has 2 aromatic carbocycles. The second-order valence-corrected chi connectivity index (χ2v) is 12.1. The molecule has 2 saturated heterocycles. The number of anilines is 1. The number of methoxy groups -OCH3 is 1. The van der Waals surface area contributed by atoms with Gasteiger partial charge in [-0.15, -0.1) is 0 Å². The Balaban J connectivity index is 1.20. The van der Waals surface area contributed by atoms with Crippen molar-refractivity contribution in [3.8, 4) is 5.75 Å². The van der Waals surface area contributed by atoms with Crippen molar-refractivity contribution in [2.45, 2.75) is 64.0 Å². The highest BCUT2D eigenvalue weighted by Crippen LogP contribution is 2.45. The summed E-state index contributed by atoms with van der Waals surface area (Å²) in [4.78, 5) is 42.3. The number of carbonyl (C=O) groups excluding carboxylic acids is 3. The van der Waals surface area contributed by atoms with Crippen LogP contribution >= 0.6 is 0 Å². The lowest BCUT2D eigenvalue weighted by Gasteiger charge is -2.39. The highest BCUT2D eigenvalue weighted by atomic mass is 16.5. The first-order valence-corrected chi connectivity index (χ1v) is 15.3. The number of nitrogens with zero attached hydrogens (tertiary/aromatic N) is 2. The summed E-state index contributed by atoms with van der Waals surface area (Å²) in [5.41, 5.74) is 3.94. The van der Waals surface area contributed by atoms with E-state index in [1.807, 2.05) is 30.0 Å². The smallest absolute Gasteiger partial charge is 0.338 e. The summed E-state index contributed by atoms with van der Waals surface area (Å²) in [5, 5.41) is 21.1. The number of ether oxygens (including phenoxy) is 2. The molecule has 1 saturated carbocycles. The summed E-state index contributed by atoms with van der Waals surface area (Å²) >= 11 is 0. The third-order valence-electron chi connectivity index (χ3n) is 9.00. The molecule has 2 aromatic rings. The molecule has 0 aromatic heterocycles. The van der Waals surface area contributed by atoms with Crippen LogP contribution in [0.5, 0.6) is 5.75 Å². The number of hydrogen-bond acceptors (Lipinski definition) is 8. The number of piperidine rings is 1. The van der Waals surface area contributed by atoms with Crippen LogP contribution in [0.15, 0.2) is 36.4 Å². The van der Waals surface area contributed by atoms with Crippen molar-refractivity contribution in [3.63, 3.8) is 0 Å². The molecule has 232 valence electrons. The van der Waals surface area contributed by atoms with Gasteiger partial charge in [0.2, 0.25) is 5.91 Å². The van der Waals surface area contributed by atoms with Gasteiger partial charge in [-0.25, -0.2) is 4.79 Å². The predicted molar refractivity (Wildman–Crippen MR) is 161 cm³/mol. The number of amides is 2. The van der Waals surface area contributed by atoms with Gasteiger partial charge in [0.25, 0.3) is 5.91 Å². The van der Waals surface area contributed by atoms with Crippen molar-refractivity contribution in [1.29, 1.82) is 0 Å². The number of aliphatic hydroxyl groups is 2. The highest BCUT2D eigenvalue weighted by molar-refractivity contribution is 5.98. The van der Waals surface area contributed by atoms with E-state index in [1.165, 1.54) is 7.11 Å². The third kappa shape index (κ3) is 7.20. The van der Waals surface area contributed by atoms with Crippen molar-refractivity contribution in [1.82, 2.24) is 10.2 Å². The van der Waals surface area contributed by atoms with E-state index in [4.69, 9.17) is 14.6 Å². The topological polar surface area (TPSA) is 129 Å². The van der Waals surface area contributed by atoms with Gasteiger partial charge in [-0.05, 0) is 105 Å². The van der Waals surface area contributed by atoms with Crippen molar-refractivity contribution < 1.29 is 34.1 Å². The summed E-state index contributed by atoms with van der Waals surface area (Å²) in [5.74, 6) is 0.657. The van der Waals surface area contributed by atoms with Gasteiger partial charge in [-0.1, -0.05) is 0 Å². The van der Waals surface area contributed by atoms with Crippen LogP contribution in [0.4, 0.5) is 5.69 Å². The summed E-state index contributed by atoms with van der Waals surface area (Å²) in [7, 11) is 1.41. The zero-order valence-corrected chi connectivity index (χ0v) is 25.1. The molecule has 1 spiro atoms. The van der Waals surface area contributed by atoms with E-state index in [0.717, 1.165) is 67.9 Å². The molecule has 0 bridgehead atoms. The molecule has 3 fully saturated rings. The van der Waals surface area contributed by atoms with Crippen LogP contribution in [0.1, 0.15) is 83.2 Å². The number of aliphatic hydroxyl groups excluding tert-OH is 2. The van der Waals surface area contributed by atoms with Gasteiger partial charge in [-0.2, -0.15) is 0 Å². The normalized spacial score (nSPS) is 19.0. The van der Waals surface area contributed by atoms with Crippen LogP contribution < -0.4 is 15.0 Å². The Kier molecular flexibility index (Phi) is 9.68. The first kappa shape index (κ1) is 31.0.